The molecule has 0 saturated heterocycles. The highest BCUT2D eigenvalue weighted by Gasteiger charge is 2.09. The van der Waals surface area contributed by atoms with Crippen LogP contribution in [0.4, 0.5) is 9.52 Å². The Kier molecular flexibility index (Phi) is 3.87. The van der Waals surface area contributed by atoms with Crippen LogP contribution in [-0.4, -0.2) is 12.1 Å². The summed E-state index contributed by atoms with van der Waals surface area (Å²) < 4.78 is 23.8. The number of thiazole rings is 1. The number of methoxy groups -OCH3 is 1. The molecule has 1 N–H and O–H groups in total. The fraction of sp³-hybridized carbons (Fsp3) is 0.133. The summed E-state index contributed by atoms with van der Waals surface area (Å²) in [4.78, 5) is 4.43. The Hall–Kier alpha value is -2.34. The SMILES string of the molecule is COc1ccc(-c2csc(NCc3ccco3)n2)cc1F. The van der Waals surface area contributed by atoms with Gasteiger partial charge in [0.2, 0.25) is 0 Å². The second kappa shape index (κ2) is 5.97. The van der Waals surface area contributed by atoms with E-state index < -0.39 is 5.82 Å². The number of anilines is 1. The van der Waals surface area contributed by atoms with Crippen molar-refractivity contribution < 1.29 is 13.5 Å². The monoisotopic (exact) mass is 304 g/mol. The van der Waals surface area contributed by atoms with Gasteiger partial charge < -0.3 is 14.5 Å². The van der Waals surface area contributed by atoms with Gasteiger partial charge in [-0.05, 0) is 30.3 Å². The Labute approximate surface area is 125 Å². The number of hydrogen-bond donors (Lipinski definition) is 1. The van der Waals surface area contributed by atoms with E-state index in [9.17, 15) is 4.39 Å². The fourth-order valence-corrected chi connectivity index (χ4v) is 2.61. The van der Waals surface area contributed by atoms with Gasteiger partial charge in [0.1, 0.15) is 5.76 Å². The number of nitrogens with one attached hydrogen (secondary N) is 1. The number of hydrogen-bond acceptors (Lipinski definition) is 5. The van der Waals surface area contributed by atoms with Gasteiger partial charge in [0.15, 0.2) is 16.7 Å². The minimum absolute atomic E-state index is 0.227. The van der Waals surface area contributed by atoms with Crippen LogP contribution in [0, 0.1) is 5.82 Å². The zero-order valence-electron chi connectivity index (χ0n) is 11.3. The first-order valence-electron chi connectivity index (χ1n) is 6.32. The molecule has 0 amide bonds. The van der Waals surface area contributed by atoms with E-state index in [2.05, 4.69) is 10.3 Å². The minimum atomic E-state index is -0.395. The molecule has 0 aliphatic rings. The summed E-state index contributed by atoms with van der Waals surface area (Å²) in [5.41, 5.74) is 1.44. The molecule has 0 unspecified atom stereocenters. The molecule has 2 aromatic heterocycles. The zero-order valence-corrected chi connectivity index (χ0v) is 12.1. The summed E-state index contributed by atoms with van der Waals surface area (Å²) in [6.07, 6.45) is 1.63. The summed E-state index contributed by atoms with van der Waals surface area (Å²) in [6, 6.07) is 8.53. The van der Waals surface area contributed by atoms with Crippen molar-refractivity contribution in [1.29, 1.82) is 0 Å². The number of nitrogens with zero attached hydrogens (tertiary/aromatic N) is 1. The van der Waals surface area contributed by atoms with Gasteiger partial charge in [-0.3, -0.25) is 0 Å². The molecule has 0 aliphatic heterocycles. The maximum absolute atomic E-state index is 13.7. The third kappa shape index (κ3) is 3.05. The van der Waals surface area contributed by atoms with E-state index in [4.69, 9.17) is 9.15 Å². The molecule has 0 aliphatic carbocycles. The summed E-state index contributed by atoms with van der Waals surface area (Å²) in [6.45, 7) is 0.566. The fourth-order valence-electron chi connectivity index (χ4n) is 1.89. The van der Waals surface area contributed by atoms with E-state index in [0.717, 1.165) is 22.1 Å². The Balaban J connectivity index is 1.73. The Bertz CT molecular complexity index is 725. The van der Waals surface area contributed by atoms with Gasteiger partial charge in [0, 0.05) is 10.9 Å². The number of furan rings is 1. The number of halogens is 1. The molecular weight excluding hydrogens is 291 g/mol. The molecule has 0 bridgehead atoms. The van der Waals surface area contributed by atoms with Crippen LogP contribution in [0.15, 0.2) is 46.4 Å². The van der Waals surface area contributed by atoms with Crippen molar-refractivity contribution in [3.63, 3.8) is 0 Å². The van der Waals surface area contributed by atoms with Crippen molar-refractivity contribution in [2.24, 2.45) is 0 Å². The molecule has 0 radical (unpaired) electrons. The molecule has 0 atom stereocenters. The smallest absolute Gasteiger partial charge is 0.183 e. The van der Waals surface area contributed by atoms with Crippen molar-refractivity contribution in [3.05, 3.63) is 53.6 Å². The van der Waals surface area contributed by atoms with E-state index in [1.807, 2.05) is 17.5 Å². The van der Waals surface area contributed by atoms with Crippen LogP contribution in [0.3, 0.4) is 0 Å². The van der Waals surface area contributed by atoms with Crippen LogP contribution < -0.4 is 10.1 Å². The lowest BCUT2D eigenvalue weighted by Gasteiger charge is -2.03. The second-order valence-corrected chi connectivity index (χ2v) is 5.18. The molecule has 1 aromatic carbocycles. The maximum Gasteiger partial charge on any atom is 0.183 e. The topological polar surface area (TPSA) is 47.3 Å². The highest BCUT2D eigenvalue weighted by Crippen LogP contribution is 2.28. The van der Waals surface area contributed by atoms with Gasteiger partial charge >= 0.3 is 0 Å². The van der Waals surface area contributed by atoms with Gasteiger partial charge in [0.05, 0.1) is 25.6 Å². The number of aromatic nitrogens is 1. The van der Waals surface area contributed by atoms with Crippen molar-refractivity contribution in [1.82, 2.24) is 4.98 Å². The molecule has 0 spiro atoms. The van der Waals surface area contributed by atoms with Crippen molar-refractivity contribution >= 4 is 16.5 Å². The van der Waals surface area contributed by atoms with Gasteiger partial charge in [-0.25, -0.2) is 9.37 Å². The third-order valence-corrected chi connectivity index (χ3v) is 3.75. The lowest BCUT2D eigenvalue weighted by atomic mass is 10.1. The number of ether oxygens (including phenoxy) is 1. The summed E-state index contributed by atoms with van der Waals surface area (Å²) in [5.74, 6) is 0.667. The molecule has 6 heteroatoms. The molecule has 21 heavy (non-hydrogen) atoms. The van der Waals surface area contributed by atoms with Crippen molar-refractivity contribution in [2.45, 2.75) is 6.54 Å². The van der Waals surface area contributed by atoms with E-state index in [-0.39, 0.29) is 5.75 Å². The largest absolute Gasteiger partial charge is 0.494 e. The lowest BCUT2D eigenvalue weighted by molar-refractivity contribution is 0.386. The third-order valence-electron chi connectivity index (χ3n) is 2.95. The van der Waals surface area contributed by atoms with Crippen LogP contribution in [0.1, 0.15) is 5.76 Å². The summed E-state index contributed by atoms with van der Waals surface area (Å²) >= 11 is 1.46. The maximum atomic E-state index is 13.7. The van der Waals surface area contributed by atoms with E-state index in [1.54, 1.807) is 18.4 Å². The van der Waals surface area contributed by atoms with Crippen LogP contribution in [0.2, 0.25) is 0 Å². The average molecular weight is 304 g/mol. The zero-order chi connectivity index (χ0) is 14.7. The molecule has 4 nitrogen and oxygen atoms in total. The molecule has 108 valence electrons. The van der Waals surface area contributed by atoms with Gasteiger partial charge in [-0.2, -0.15) is 0 Å². The number of benzene rings is 1. The normalized spacial score (nSPS) is 10.6. The standard InChI is InChI=1S/C15H13FN2O2S/c1-19-14-5-4-10(7-12(14)16)13-9-21-15(18-13)17-8-11-3-2-6-20-11/h2-7,9H,8H2,1H3,(H,17,18). The minimum Gasteiger partial charge on any atom is -0.494 e. The van der Waals surface area contributed by atoms with E-state index >= 15 is 0 Å². The predicted molar refractivity (Wildman–Crippen MR) is 80.1 cm³/mol. The van der Waals surface area contributed by atoms with Gasteiger partial charge in [-0.15, -0.1) is 11.3 Å². The highest BCUT2D eigenvalue weighted by molar-refractivity contribution is 7.14. The molecule has 0 fully saturated rings. The quantitative estimate of drug-likeness (QED) is 0.768. The average Bonchev–Trinajstić information content (AvgIpc) is 3.16. The van der Waals surface area contributed by atoms with E-state index in [1.165, 1.54) is 24.5 Å². The summed E-state index contributed by atoms with van der Waals surface area (Å²) in [5, 5.41) is 5.81. The van der Waals surface area contributed by atoms with Gasteiger partial charge in [-0.1, -0.05) is 0 Å². The summed E-state index contributed by atoms with van der Waals surface area (Å²) in [7, 11) is 1.44. The van der Waals surface area contributed by atoms with Gasteiger partial charge in [0.25, 0.3) is 0 Å². The second-order valence-electron chi connectivity index (χ2n) is 4.32. The van der Waals surface area contributed by atoms with Crippen molar-refractivity contribution in [2.75, 3.05) is 12.4 Å². The molecule has 3 rings (SSSR count). The Morgan fingerprint density at radius 2 is 2.29 bits per heavy atom. The number of rotatable bonds is 5. The van der Waals surface area contributed by atoms with E-state index in [0.29, 0.717) is 6.54 Å². The Morgan fingerprint density at radius 3 is 3.00 bits per heavy atom. The Morgan fingerprint density at radius 1 is 1.38 bits per heavy atom. The first-order chi connectivity index (χ1) is 10.3. The molecule has 0 saturated carbocycles. The predicted octanol–water partition coefficient (Wildman–Crippen LogP) is 4.16. The molecular formula is C15H13FN2O2S. The first-order valence-corrected chi connectivity index (χ1v) is 7.20. The van der Waals surface area contributed by atoms with Crippen LogP contribution in [-0.2, 0) is 6.54 Å². The van der Waals surface area contributed by atoms with Crippen molar-refractivity contribution in [3.8, 4) is 17.0 Å². The first kappa shape index (κ1) is 13.6. The van der Waals surface area contributed by atoms with Crippen LogP contribution in [0.5, 0.6) is 5.75 Å². The van der Waals surface area contributed by atoms with Crippen LogP contribution >= 0.6 is 11.3 Å². The highest BCUT2D eigenvalue weighted by atomic mass is 32.1. The molecule has 3 aromatic rings. The van der Waals surface area contributed by atoms with Crippen LogP contribution in [0.25, 0.3) is 11.3 Å². The molecule has 2 heterocycles. The lowest BCUT2D eigenvalue weighted by Crippen LogP contribution is -1.97.